The Morgan fingerprint density at radius 2 is 2.00 bits per heavy atom. The highest BCUT2D eigenvalue weighted by atomic mass is 35.5. The van der Waals surface area contributed by atoms with Crippen LogP contribution in [0.25, 0.3) is 11.8 Å². The highest BCUT2D eigenvalue weighted by molar-refractivity contribution is 7.80. The largest absolute Gasteiger partial charge is 0.317 e. The lowest BCUT2D eigenvalue weighted by molar-refractivity contribution is -0.128. The van der Waals surface area contributed by atoms with Crippen molar-refractivity contribution in [1.29, 1.82) is 0 Å². The van der Waals surface area contributed by atoms with Crippen molar-refractivity contribution in [1.82, 2.24) is 14.8 Å². The zero-order chi connectivity index (χ0) is 17.4. The van der Waals surface area contributed by atoms with Crippen molar-refractivity contribution in [3.63, 3.8) is 0 Å². The summed E-state index contributed by atoms with van der Waals surface area (Å²) in [6, 6.07) is 9.32. The molecule has 0 spiro atoms. The van der Waals surface area contributed by atoms with E-state index in [-0.39, 0.29) is 10.7 Å². The summed E-state index contributed by atoms with van der Waals surface area (Å²) in [6.07, 6.45) is 3.39. The number of aromatic nitrogens is 1. The Balaban J connectivity index is 2.04. The fraction of sp³-hybridized carbons (Fsp3) is 0.118. The smallest absolute Gasteiger partial charge is 0.265 e. The van der Waals surface area contributed by atoms with E-state index in [2.05, 4.69) is 5.32 Å². The molecule has 2 heterocycles. The lowest BCUT2D eigenvalue weighted by Gasteiger charge is -2.25. The molecule has 1 aliphatic rings. The zero-order valence-electron chi connectivity index (χ0n) is 13.0. The Morgan fingerprint density at radius 1 is 1.25 bits per heavy atom. The molecule has 7 heteroatoms. The van der Waals surface area contributed by atoms with Crippen LogP contribution in [0.2, 0.25) is 5.02 Å². The SMILES string of the molecule is Cc1ccc(-n2cccc2/C=C2/C(=O)NC(=S)N(C)C2=O)cc1Cl. The quantitative estimate of drug-likeness (QED) is 0.509. The Bertz CT molecular complexity index is 901. The highest BCUT2D eigenvalue weighted by Gasteiger charge is 2.31. The number of nitrogens with one attached hydrogen (secondary N) is 1. The van der Waals surface area contributed by atoms with Gasteiger partial charge < -0.3 is 4.57 Å². The van der Waals surface area contributed by atoms with Crippen molar-refractivity contribution < 1.29 is 9.59 Å². The predicted molar refractivity (Wildman–Crippen MR) is 97.0 cm³/mol. The third kappa shape index (κ3) is 2.86. The number of aryl methyl sites for hydroxylation is 1. The standard InChI is InChI=1S/C17H14ClN3O2S/c1-10-5-6-12(9-14(10)18)21-7-3-4-11(21)8-13-15(22)19-17(24)20(2)16(13)23/h3-9H,1-2H3,(H,19,22,24)/b13-8-. The first-order valence-electron chi connectivity index (χ1n) is 7.17. The number of benzene rings is 1. The van der Waals surface area contributed by atoms with E-state index < -0.39 is 11.8 Å². The van der Waals surface area contributed by atoms with Crippen molar-refractivity contribution in [2.75, 3.05) is 7.05 Å². The van der Waals surface area contributed by atoms with Gasteiger partial charge in [0.25, 0.3) is 11.8 Å². The van der Waals surface area contributed by atoms with Gasteiger partial charge in [0.2, 0.25) is 0 Å². The topological polar surface area (TPSA) is 54.3 Å². The van der Waals surface area contributed by atoms with Crippen molar-refractivity contribution in [2.24, 2.45) is 0 Å². The maximum Gasteiger partial charge on any atom is 0.265 e. The zero-order valence-corrected chi connectivity index (χ0v) is 14.6. The first-order valence-corrected chi connectivity index (χ1v) is 7.96. The molecule has 1 fully saturated rings. The lowest BCUT2D eigenvalue weighted by Crippen LogP contribution is -2.52. The van der Waals surface area contributed by atoms with Gasteiger partial charge in [-0.05, 0) is 55.0 Å². The molecule has 122 valence electrons. The summed E-state index contributed by atoms with van der Waals surface area (Å²) in [5.74, 6) is -0.934. The molecule has 1 aliphatic heterocycles. The number of hydrogen-bond acceptors (Lipinski definition) is 3. The van der Waals surface area contributed by atoms with Crippen LogP contribution in [0.1, 0.15) is 11.3 Å². The average molecular weight is 360 g/mol. The molecule has 3 rings (SSSR count). The second kappa shape index (κ2) is 6.22. The van der Waals surface area contributed by atoms with Gasteiger partial charge >= 0.3 is 0 Å². The molecule has 1 aromatic heterocycles. The van der Waals surface area contributed by atoms with Crippen LogP contribution in [0.15, 0.2) is 42.1 Å². The maximum absolute atomic E-state index is 12.3. The van der Waals surface area contributed by atoms with Gasteiger partial charge in [-0.3, -0.25) is 19.8 Å². The van der Waals surface area contributed by atoms with E-state index in [0.29, 0.717) is 10.7 Å². The molecule has 2 aromatic rings. The number of rotatable bonds is 2. The number of likely N-dealkylation sites (N-methyl/N-ethyl adjacent to an activating group) is 1. The molecule has 2 amide bonds. The van der Waals surface area contributed by atoms with Gasteiger partial charge in [-0.25, -0.2) is 0 Å². The van der Waals surface area contributed by atoms with Crippen LogP contribution < -0.4 is 5.32 Å². The Labute approximate surface area is 149 Å². The fourth-order valence-corrected chi connectivity index (χ4v) is 2.72. The summed E-state index contributed by atoms with van der Waals surface area (Å²) in [6.45, 7) is 1.93. The number of hydrogen-bond donors (Lipinski definition) is 1. The summed E-state index contributed by atoms with van der Waals surface area (Å²) < 4.78 is 1.85. The molecule has 0 unspecified atom stereocenters. The van der Waals surface area contributed by atoms with E-state index in [0.717, 1.165) is 11.3 Å². The van der Waals surface area contributed by atoms with Gasteiger partial charge in [-0.2, -0.15) is 0 Å². The van der Waals surface area contributed by atoms with Crippen LogP contribution in [0.5, 0.6) is 0 Å². The molecule has 1 N–H and O–H groups in total. The number of carbonyl (C=O) groups excluding carboxylic acids is 2. The summed E-state index contributed by atoms with van der Waals surface area (Å²) in [4.78, 5) is 25.6. The second-order valence-corrected chi connectivity index (χ2v) is 6.21. The summed E-state index contributed by atoms with van der Waals surface area (Å²) in [7, 11) is 1.52. The minimum atomic E-state index is -0.502. The van der Waals surface area contributed by atoms with E-state index in [9.17, 15) is 9.59 Å². The van der Waals surface area contributed by atoms with Crippen LogP contribution in [0, 0.1) is 6.92 Å². The number of carbonyl (C=O) groups is 2. The van der Waals surface area contributed by atoms with Crippen LogP contribution in [0.4, 0.5) is 0 Å². The molecular weight excluding hydrogens is 346 g/mol. The monoisotopic (exact) mass is 359 g/mol. The third-order valence-electron chi connectivity index (χ3n) is 3.81. The summed E-state index contributed by atoms with van der Waals surface area (Å²) in [5, 5.41) is 3.25. The molecule has 0 saturated carbocycles. The maximum atomic E-state index is 12.3. The van der Waals surface area contributed by atoms with Crippen molar-refractivity contribution >= 4 is 46.8 Å². The van der Waals surface area contributed by atoms with Crippen molar-refractivity contribution in [3.05, 3.63) is 58.4 Å². The number of nitrogens with zero attached hydrogens (tertiary/aromatic N) is 2. The molecule has 5 nitrogen and oxygen atoms in total. The fourth-order valence-electron chi connectivity index (χ4n) is 2.37. The molecule has 0 atom stereocenters. The first-order chi connectivity index (χ1) is 11.4. The van der Waals surface area contributed by atoms with Crippen molar-refractivity contribution in [3.8, 4) is 5.69 Å². The van der Waals surface area contributed by atoms with E-state index in [4.69, 9.17) is 23.8 Å². The van der Waals surface area contributed by atoms with E-state index in [1.54, 1.807) is 6.08 Å². The average Bonchev–Trinajstić information content (AvgIpc) is 3.00. The Hall–Kier alpha value is -2.44. The minimum Gasteiger partial charge on any atom is -0.317 e. The molecule has 0 aliphatic carbocycles. The van der Waals surface area contributed by atoms with Crippen LogP contribution in [-0.2, 0) is 9.59 Å². The number of halogens is 1. The van der Waals surface area contributed by atoms with E-state index in [1.165, 1.54) is 11.9 Å². The van der Waals surface area contributed by atoms with Crippen LogP contribution in [-0.4, -0.2) is 33.4 Å². The van der Waals surface area contributed by atoms with E-state index >= 15 is 0 Å². The lowest BCUT2D eigenvalue weighted by atomic mass is 10.1. The van der Waals surface area contributed by atoms with Gasteiger partial charge in [-0.1, -0.05) is 17.7 Å². The highest BCUT2D eigenvalue weighted by Crippen LogP contribution is 2.22. The molecule has 1 aromatic carbocycles. The van der Waals surface area contributed by atoms with E-state index in [1.807, 2.05) is 48.0 Å². The Morgan fingerprint density at radius 3 is 2.71 bits per heavy atom. The van der Waals surface area contributed by atoms with Crippen molar-refractivity contribution in [2.45, 2.75) is 6.92 Å². The van der Waals surface area contributed by atoms with Gasteiger partial charge in [0.15, 0.2) is 5.11 Å². The van der Waals surface area contributed by atoms with Crippen LogP contribution >= 0.6 is 23.8 Å². The molecular formula is C17H14ClN3O2S. The third-order valence-corrected chi connectivity index (χ3v) is 4.59. The number of thiocarbonyl (C=S) groups is 1. The molecule has 24 heavy (non-hydrogen) atoms. The van der Waals surface area contributed by atoms with Gasteiger partial charge in [0.05, 0.1) is 0 Å². The molecule has 0 radical (unpaired) electrons. The first kappa shape index (κ1) is 16.4. The summed E-state index contributed by atoms with van der Waals surface area (Å²) >= 11 is 11.1. The molecule has 0 bridgehead atoms. The normalized spacial score (nSPS) is 16.7. The molecule has 1 saturated heterocycles. The van der Waals surface area contributed by atoms with Crippen LogP contribution in [0.3, 0.4) is 0 Å². The Kier molecular flexibility index (Phi) is 4.26. The van der Waals surface area contributed by atoms with Gasteiger partial charge in [0, 0.05) is 29.6 Å². The predicted octanol–water partition coefficient (Wildman–Crippen LogP) is 2.70. The minimum absolute atomic E-state index is 0.0317. The second-order valence-electron chi connectivity index (χ2n) is 5.42. The van der Waals surface area contributed by atoms with Gasteiger partial charge in [0.1, 0.15) is 5.57 Å². The summed E-state index contributed by atoms with van der Waals surface area (Å²) in [5.41, 5.74) is 2.54. The number of amides is 2. The van der Waals surface area contributed by atoms with Gasteiger partial charge in [-0.15, -0.1) is 0 Å².